The molecule has 3 nitrogen and oxygen atoms in total. The normalized spacial score (nSPS) is 16.0. The van der Waals surface area contributed by atoms with Gasteiger partial charge < -0.3 is 15.2 Å². The van der Waals surface area contributed by atoms with Crippen LogP contribution < -0.4 is 15.2 Å². The fourth-order valence-electron chi connectivity index (χ4n) is 1.77. The van der Waals surface area contributed by atoms with Crippen LogP contribution in [0.5, 0.6) is 11.5 Å². The maximum Gasteiger partial charge on any atom is 0.161 e. The van der Waals surface area contributed by atoms with Crippen molar-refractivity contribution in [2.45, 2.75) is 26.3 Å². The smallest absolute Gasteiger partial charge is 0.161 e. The molecule has 0 aromatic heterocycles. The number of fused-ring (bicyclic) bond motifs is 1. The van der Waals surface area contributed by atoms with Gasteiger partial charge in [-0.15, -0.1) is 12.4 Å². The van der Waals surface area contributed by atoms with E-state index >= 15 is 0 Å². The van der Waals surface area contributed by atoms with Gasteiger partial charge in [-0.2, -0.15) is 0 Å². The van der Waals surface area contributed by atoms with E-state index in [2.05, 4.69) is 13.8 Å². The Morgan fingerprint density at radius 3 is 2.41 bits per heavy atom. The van der Waals surface area contributed by atoms with E-state index in [9.17, 15) is 0 Å². The van der Waals surface area contributed by atoms with Crippen LogP contribution in [0, 0.1) is 5.92 Å². The van der Waals surface area contributed by atoms with Gasteiger partial charge in [-0.25, -0.2) is 0 Å². The second kappa shape index (κ2) is 6.12. The number of hydrogen-bond donors (Lipinski definition) is 1. The van der Waals surface area contributed by atoms with Crippen molar-refractivity contribution in [2.75, 3.05) is 13.2 Å². The van der Waals surface area contributed by atoms with Crippen molar-refractivity contribution in [3.63, 3.8) is 0 Å². The fourth-order valence-corrected chi connectivity index (χ4v) is 1.77. The third-order valence-electron chi connectivity index (χ3n) is 2.87. The Morgan fingerprint density at radius 1 is 1.12 bits per heavy atom. The Balaban J connectivity index is 0.00000144. The Kier molecular flexibility index (Phi) is 5.09. The summed E-state index contributed by atoms with van der Waals surface area (Å²) in [7, 11) is 0. The quantitative estimate of drug-likeness (QED) is 0.886. The Morgan fingerprint density at radius 2 is 1.76 bits per heavy atom. The summed E-state index contributed by atoms with van der Waals surface area (Å²) in [6.45, 7) is 5.68. The highest BCUT2D eigenvalue weighted by Crippen LogP contribution is 2.33. The summed E-state index contributed by atoms with van der Waals surface area (Å²) in [6, 6.07) is 6.04. The van der Waals surface area contributed by atoms with Crippen molar-refractivity contribution >= 4 is 12.4 Å². The molecule has 2 N–H and O–H groups in total. The molecule has 4 heteroatoms. The van der Waals surface area contributed by atoms with Crippen LogP contribution in [0.15, 0.2) is 18.2 Å². The second-order valence-electron chi connectivity index (χ2n) is 4.53. The molecule has 96 valence electrons. The van der Waals surface area contributed by atoms with Crippen LogP contribution in [0.1, 0.15) is 31.9 Å². The van der Waals surface area contributed by atoms with E-state index in [1.54, 1.807) is 0 Å². The van der Waals surface area contributed by atoms with Crippen molar-refractivity contribution in [3.8, 4) is 11.5 Å². The third-order valence-corrected chi connectivity index (χ3v) is 2.87. The van der Waals surface area contributed by atoms with Crippen molar-refractivity contribution in [3.05, 3.63) is 23.8 Å². The molecule has 0 spiro atoms. The number of hydrogen-bond acceptors (Lipinski definition) is 3. The summed E-state index contributed by atoms with van der Waals surface area (Å²) in [5.74, 6) is 2.08. The highest BCUT2D eigenvalue weighted by molar-refractivity contribution is 5.85. The van der Waals surface area contributed by atoms with Crippen LogP contribution in [0.3, 0.4) is 0 Å². The average Bonchev–Trinajstić information content (AvgIpc) is 2.51. The van der Waals surface area contributed by atoms with Gasteiger partial charge in [-0.05, 0) is 23.6 Å². The van der Waals surface area contributed by atoms with E-state index in [4.69, 9.17) is 15.2 Å². The molecule has 0 amide bonds. The van der Waals surface area contributed by atoms with Crippen LogP contribution in [-0.2, 0) is 0 Å². The largest absolute Gasteiger partial charge is 0.490 e. The molecule has 0 fully saturated rings. The summed E-state index contributed by atoms with van der Waals surface area (Å²) in [4.78, 5) is 0. The molecule has 0 saturated heterocycles. The first-order chi connectivity index (χ1) is 7.68. The van der Waals surface area contributed by atoms with Gasteiger partial charge in [-0.1, -0.05) is 19.9 Å². The molecule has 1 aliphatic rings. The zero-order valence-corrected chi connectivity index (χ0v) is 11.1. The van der Waals surface area contributed by atoms with E-state index in [1.807, 2.05) is 18.2 Å². The summed E-state index contributed by atoms with van der Waals surface area (Å²) in [6.07, 6.45) is 0.931. The first-order valence-electron chi connectivity index (χ1n) is 5.83. The van der Waals surface area contributed by atoms with E-state index in [1.165, 1.54) is 0 Å². The van der Waals surface area contributed by atoms with Crippen LogP contribution in [0.4, 0.5) is 0 Å². The Hall–Kier alpha value is -0.930. The lowest BCUT2D eigenvalue weighted by molar-refractivity contribution is 0.297. The first kappa shape index (κ1) is 14.1. The van der Waals surface area contributed by atoms with E-state index < -0.39 is 0 Å². The molecule has 17 heavy (non-hydrogen) atoms. The molecule has 1 aromatic carbocycles. The topological polar surface area (TPSA) is 44.5 Å². The van der Waals surface area contributed by atoms with Crippen molar-refractivity contribution < 1.29 is 9.47 Å². The average molecular weight is 258 g/mol. The molecule has 1 heterocycles. The van der Waals surface area contributed by atoms with Crippen molar-refractivity contribution in [1.82, 2.24) is 0 Å². The molecule has 0 radical (unpaired) electrons. The van der Waals surface area contributed by atoms with Gasteiger partial charge >= 0.3 is 0 Å². The van der Waals surface area contributed by atoms with Crippen LogP contribution in [0.25, 0.3) is 0 Å². The first-order valence-corrected chi connectivity index (χ1v) is 5.83. The van der Waals surface area contributed by atoms with E-state index in [0.29, 0.717) is 12.5 Å². The highest BCUT2D eigenvalue weighted by Gasteiger charge is 2.15. The van der Waals surface area contributed by atoms with Crippen LogP contribution in [0.2, 0.25) is 0 Å². The monoisotopic (exact) mass is 257 g/mol. The zero-order valence-electron chi connectivity index (χ0n) is 10.3. The third kappa shape index (κ3) is 3.27. The van der Waals surface area contributed by atoms with Gasteiger partial charge in [-0.3, -0.25) is 0 Å². The Labute approximate surface area is 109 Å². The fraction of sp³-hybridized carbons (Fsp3) is 0.538. The summed E-state index contributed by atoms with van der Waals surface area (Å²) < 4.78 is 11.2. The minimum Gasteiger partial charge on any atom is -0.490 e. The van der Waals surface area contributed by atoms with Gasteiger partial charge in [0.25, 0.3) is 0 Å². The molecule has 2 rings (SSSR count). The second-order valence-corrected chi connectivity index (χ2v) is 4.53. The standard InChI is InChI=1S/C13H19NO2.ClH/c1-9(2)13(14)10-4-5-11-12(8-10)16-7-3-6-15-11;/h4-5,8-9,13H,3,6-7,14H2,1-2H3;1H. The molecular weight excluding hydrogens is 238 g/mol. The highest BCUT2D eigenvalue weighted by atomic mass is 35.5. The predicted octanol–water partition coefficient (Wildman–Crippen LogP) is 2.93. The summed E-state index contributed by atoms with van der Waals surface area (Å²) in [5, 5.41) is 0. The number of benzene rings is 1. The maximum atomic E-state index is 6.11. The van der Waals surface area contributed by atoms with Crippen molar-refractivity contribution in [2.24, 2.45) is 11.7 Å². The molecule has 1 atom stereocenters. The van der Waals surface area contributed by atoms with E-state index in [0.717, 1.165) is 30.1 Å². The van der Waals surface area contributed by atoms with Gasteiger partial charge in [0.1, 0.15) is 0 Å². The number of halogens is 1. The van der Waals surface area contributed by atoms with Gasteiger partial charge in [0.05, 0.1) is 13.2 Å². The van der Waals surface area contributed by atoms with E-state index in [-0.39, 0.29) is 18.4 Å². The molecule has 0 saturated carbocycles. The Bertz CT molecular complexity index is 368. The lowest BCUT2D eigenvalue weighted by atomic mass is 9.97. The molecule has 0 bridgehead atoms. The van der Waals surface area contributed by atoms with Gasteiger partial charge in [0.15, 0.2) is 11.5 Å². The molecule has 1 unspecified atom stereocenters. The zero-order chi connectivity index (χ0) is 11.5. The minimum atomic E-state index is 0. The number of ether oxygens (including phenoxy) is 2. The SMILES string of the molecule is CC(C)C(N)c1ccc2c(c1)OCCCO2.Cl. The molecule has 0 aliphatic carbocycles. The van der Waals surface area contributed by atoms with Gasteiger partial charge in [0.2, 0.25) is 0 Å². The lowest BCUT2D eigenvalue weighted by Crippen LogP contribution is -2.16. The molecule has 1 aromatic rings. The molecular formula is C13H20ClNO2. The molecule has 1 aliphatic heterocycles. The van der Waals surface area contributed by atoms with Crippen LogP contribution >= 0.6 is 12.4 Å². The predicted molar refractivity (Wildman–Crippen MR) is 71.1 cm³/mol. The summed E-state index contributed by atoms with van der Waals surface area (Å²) >= 11 is 0. The maximum absolute atomic E-state index is 6.11. The summed E-state index contributed by atoms with van der Waals surface area (Å²) in [5.41, 5.74) is 7.22. The number of rotatable bonds is 2. The van der Waals surface area contributed by atoms with Crippen LogP contribution in [-0.4, -0.2) is 13.2 Å². The van der Waals surface area contributed by atoms with Gasteiger partial charge in [0, 0.05) is 12.5 Å². The lowest BCUT2D eigenvalue weighted by Gasteiger charge is -2.17. The van der Waals surface area contributed by atoms with Crippen molar-refractivity contribution in [1.29, 1.82) is 0 Å². The number of nitrogens with two attached hydrogens (primary N) is 1. The minimum absolute atomic E-state index is 0.